The van der Waals surface area contributed by atoms with Gasteiger partial charge in [0.2, 0.25) is 0 Å². The molecule has 2 atom stereocenters. The minimum absolute atomic E-state index is 0.376. The van der Waals surface area contributed by atoms with E-state index in [2.05, 4.69) is 0 Å². The van der Waals surface area contributed by atoms with Gasteiger partial charge in [0, 0.05) is 0 Å². The van der Waals surface area contributed by atoms with Gasteiger partial charge in [-0.05, 0) is 13.3 Å². The second-order valence-corrected chi connectivity index (χ2v) is 2.69. The Morgan fingerprint density at radius 1 is 1.50 bits per heavy atom. The Labute approximate surface area is 61.3 Å². The van der Waals surface area contributed by atoms with Gasteiger partial charge in [-0.2, -0.15) is 0 Å². The van der Waals surface area contributed by atoms with Crippen LogP contribution < -0.4 is 0 Å². The monoisotopic (exact) mass is 148 g/mol. The summed E-state index contributed by atoms with van der Waals surface area (Å²) in [6.07, 6.45) is 0.320. The van der Waals surface area contributed by atoms with Crippen LogP contribution in [0.25, 0.3) is 0 Å². The van der Waals surface area contributed by atoms with Crippen molar-refractivity contribution in [2.75, 3.05) is 6.61 Å². The average Bonchev–Trinajstić information content (AvgIpc) is 1.88. The van der Waals surface area contributed by atoms with Gasteiger partial charge < -0.3 is 15.3 Å². The van der Waals surface area contributed by atoms with E-state index in [0.29, 0.717) is 6.42 Å². The van der Waals surface area contributed by atoms with Gasteiger partial charge in [-0.15, -0.1) is 0 Å². The Kier molecular flexibility index (Phi) is 3.86. The first-order valence-corrected chi connectivity index (χ1v) is 3.58. The van der Waals surface area contributed by atoms with Gasteiger partial charge in [0.1, 0.15) is 5.60 Å². The third kappa shape index (κ3) is 2.25. The first kappa shape index (κ1) is 9.88. The molecule has 0 amide bonds. The van der Waals surface area contributed by atoms with E-state index < -0.39 is 11.7 Å². The fraction of sp³-hybridized carbons (Fsp3) is 1.00. The van der Waals surface area contributed by atoms with Crippen molar-refractivity contribution < 1.29 is 15.3 Å². The molecule has 3 N–H and O–H groups in total. The smallest absolute Gasteiger partial charge is 0.113 e. The van der Waals surface area contributed by atoms with Crippen LogP contribution in [0.5, 0.6) is 0 Å². The largest absolute Gasteiger partial charge is 0.393 e. The van der Waals surface area contributed by atoms with Crippen molar-refractivity contribution in [3.8, 4) is 0 Å². The van der Waals surface area contributed by atoms with Crippen molar-refractivity contribution in [1.82, 2.24) is 0 Å². The molecule has 0 aromatic rings. The Bertz CT molecular complexity index is 92.9. The standard InChI is InChI=1S/C7H16O3/c1-3-4-7(10,5-8)6(2)9/h6,8-10H,3-5H2,1-2H3. The minimum Gasteiger partial charge on any atom is -0.393 e. The molecule has 3 nitrogen and oxygen atoms in total. The molecule has 10 heavy (non-hydrogen) atoms. The van der Waals surface area contributed by atoms with Crippen LogP contribution in [0.3, 0.4) is 0 Å². The van der Waals surface area contributed by atoms with Crippen LogP contribution in [0.2, 0.25) is 0 Å². The third-order valence-electron chi connectivity index (χ3n) is 1.73. The second kappa shape index (κ2) is 3.91. The van der Waals surface area contributed by atoms with Gasteiger partial charge in [-0.25, -0.2) is 0 Å². The lowest BCUT2D eigenvalue weighted by atomic mass is 9.94. The molecule has 0 radical (unpaired) electrons. The zero-order chi connectivity index (χ0) is 8.20. The van der Waals surface area contributed by atoms with Crippen molar-refractivity contribution in [3.05, 3.63) is 0 Å². The average molecular weight is 148 g/mol. The Hall–Kier alpha value is -0.120. The van der Waals surface area contributed by atoms with E-state index in [1.165, 1.54) is 6.92 Å². The molecule has 0 fully saturated rings. The normalized spacial score (nSPS) is 20.1. The summed E-state index contributed by atoms with van der Waals surface area (Å²) < 4.78 is 0. The van der Waals surface area contributed by atoms with Gasteiger partial charge >= 0.3 is 0 Å². The van der Waals surface area contributed by atoms with E-state index in [0.717, 1.165) is 6.42 Å². The predicted octanol–water partition coefficient (Wildman–Crippen LogP) is -0.109. The molecule has 0 aliphatic carbocycles. The summed E-state index contributed by atoms with van der Waals surface area (Å²) in [5, 5.41) is 27.1. The van der Waals surface area contributed by atoms with Crippen LogP contribution in [-0.4, -0.2) is 33.6 Å². The quantitative estimate of drug-likeness (QED) is 0.521. The predicted molar refractivity (Wildman–Crippen MR) is 38.6 cm³/mol. The van der Waals surface area contributed by atoms with Crippen LogP contribution >= 0.6 is 0 Å². The maximum Gasteiger partial charge on any atom is 0.113 e. The van der Waals surface area contributed by atoms with Crippen LogP contribution in [0.15, 0.2) is 0 Å². The molecular weight excluding hydrogens is 132 g/mol. The lowest BCUT2D eigenvalue weighted by molar-refractivity contribution is -0.102. The molecule has 0 bridgehead atoms. The molecule has 0 aromatic heterocycles. The number of hydrogen-bond donors (Lipinski definition) is 3. The Morgan fingerprint density at radius 3 is 2.10 bits per heavy atom. The molecule has 0 aliphatic heterocycles. The zero-order valence-electron chi connectivity index (χ0n) is 6.54. The van der Waals surface area contributed by atoms with Crippen LogP contribution in [0, 0.1) is 0 Å². The van der Waals surface area contributed by atoms with Crippen molar-refractivity contribution >= 4 is 0 Å². The molecule has 0 saturated carbocycles. The first-order chi connectivity index (χ1) is 4.56. The molecule has 0 saturated heterocycles. The van der Waals surface area contributed by atoms with Crippen LogP contribution in [-0.2, 0) is 0 Å². The fourth-order valence-corrected chi connectivity index (χ4v) is 0.853. The van der Waals surface area contributed by atoms with Crippen molar-refractivity contribution in [2.45, 2.75) is 38.4 Å². The van der Waals surface area contributed by atoms with E-state index in [1.54, 1.807) is 0 Å². The summed E-state index contributed by atoms with van der Waals surface area (Å²) in [6, 6.07) is 0. The highest BCUT2D eigenvalue weighted by atomic mass is 16.4. The third-order valence-corrected chi connectivity index (χ3v) is 1.73. The minimum atomic E-state index is -1.30. The van der Waals surface area contributed by atoms with E-state index in [-0.39, 0.29) is 6.61 Å². The molecule has 2 unspecified atom stereocenters. The summed E-state index contributed by atoms with van der Waals surface area (Å²) in [7, 11) is 0. The van der Waals surface area contributed by atoms with Crippen molar-refractivity contribution in [3.63, 3.8) is 0 Å². The van der Waals surface area contributed by atoms with Gasteiger partial charge in [-0.3, -0.25) is 0 Å². The SMILES string of the molecule is CCCC(O)(CO)C(C)O. The molecule has 0 rings (SSSR count). The van der Waals surface area contributed by atoms with E-state index in [9.17, 15) is 5.11 Å². The highest BCUT2D eigenvalue weighted by Gasteiger charge is 2.30. The number of aliphatic hydroxyl groups excluding tert-OH is 2. The number of aliphatic hydroxyl groups is 3. The van der Waals surface area contributed by atoms with E-state index in [1.807, 2.05) is 6.92 Å². The second-order valence-electron chi connectivity index (χ2n) is 2.69. The summed E-state index contributed by atoms with van der Waals surface area (Å²) in [6.45, 7) is 2.99. The molecule has 0 aromatic carbocycles. The summed E-state index contributed by atoms with van der Waals surface area (Å²) in [4.78, 5) is 0. The van der Waals surface area contributed by atoms with Crippen molar-refractivity contribution in [2.24, 2.45) is 0 Å². The fourth-order valence-electron chi connectivity index (χ4n) is 0.853. The van der Waals surface area contributed by atoms with Gasteiger partial charge in [0.15, 0.2) is 0 Å². The molecule has 62 valence electrons. The topological polar surface area (TPSA) is 60.7 Å². The highest BCUT2D eigenvalue weighted by Crippen LogP contribution is 2.16. The highest BCUT2D eigenvalue weighted by molar-refractivity contribution is 4.82. The molecule has 0 heterocycles. The number of rotatable bonds is 4. The maximum atomic E-state index is 9.40. The summed E-state index contributed by atoms with van der Waals surface area (Å²) in [5.41, 5.74) is -1.30. The zero-order valence-corrected chi connectivity index (χ0v) is 6.54. The van der Waals surface area contributed by atoms with E-state index in [4.69, 9.17) is 10.2 Å². The molecule has 3 heteroatoms. The van der Waals surface area contributed by atoms with Crippen LogP contribution in [0.1, 0.15) is 26.7 Å². The molecule has 0 spiro atoms. The summed E-state index contributed by atoms with van der Waals surface area (Å²) in [5.74, 6) is 0. The van der Waals surface area contributed by atoms with Crippen LogP contribution in [0.4, 0.5) is 0 Å². The van der Waals surface area contributed by atoms with E-state index >= 15 is 0 Å². The summed E-state index contributed by atoms with van der Waals surface area (Å²) >= 11 is 0. The number of hydrogen-bond acceptors (Lipinski definition) is 3. The maximum absolute atomic E-state index is 9.40. The molecular formula is C7H16O3. The van der Waals surface area contributed by atoms with Gasteiger partial charge in [-0.1, -0.05) is 13.3 Å². The molecule has 0 aliphatic rings. The Morgan fingerprint density at radius 2 is 2.00 bits per heavy atom. The van der Waals surface area contributed by atoms with Crippen molar-refractivity contribution in [1.29, 1.82) is 0 Å². The van der Waals surface area contributed by atoms with Gasteiger partial charge in [0.25, 0.3) is 0 Å². The lowest BCUT2D eigenvalue weighted by Gasteiger charge is -2.28. The Balaban J connectivity index is 3.94. The van der Waals surface area contributed by atoms with Gasteiger partial charge in [0.05, 0.1) is 12.7 Å². The lowest BCUT2D eigenvalue weighted by Crippen LogP contribution is -2.43. The first-order valence-electron chi connectivity index (χ1n) is 3.58.